The van der Waals surface area contributed by atoms with Crippen LogP contribution < -0.4 is 4.74 Å². The van der Waals surface area contributed by atoms with Gasteiger partial charge in [-0.15, -0.1) is 11.3 Å². The Morgan fingerprint density at radius 3 is 2.72 bits per heavy atom. The van der Waals surface area contributed by atoms with E-state index in [0.717, 1.165) is 17.0 Å². The fourth-order valence-electron chi connectivity index (χ4n) is 1.57. The number of halogens is 2. The lowest BCUT2D eigenvalue weighted by atomic mass is 10.1. The molecule has 2 rings (SSSR count). The molecule has 0 aliphatic rings. The predicted octanol–water partition coefficient (Wildman–Crippen LogP) is 3.46. The van der Waals surface area contributed by atoms with E-state index in [1.165, 1.54) is 18.4 Å². The Morgan fingerprint density at radius 1 is 1.33 bits per heavy atom. The molecule has 1 aromatic carbocycles. The van der Waals surface area contributed by atoms with E-state index in [9.17, 15) is 13.6 Å². The molecule has 0 saturated carbocycles. The van der Waals surface area contributed by atoms with E-state index >= 15 is 0 Å². The molecule has 0 saturated heterocycles. The zero-order valence-electron chi connectivity index (χ0n) is 9.57. The molecule has 1 heterocycles. The first kappa shape index (κ1) is 12.7. The molecular weight excluding hydrogens is 258 g/mol. The van der Waals surface area contributed by atoms with E-state index in [2.05, 4.69) is 4.74 Å². The molecule has 2 aromatic rings. The highest BCUT2D eigenvalue weighted by atomic mass is 32.1. The topological polar surface area (TPSA) is 26.3 Å². The molecule has 0 spiro atoms. The third kappa shape index (κ3) is 2.56. The van der Waals surface area contributed by atoms with Gasteiger partial charge in [-0.2, -0.15) is 0 Å². The average Bonchev–Trinajstić information content (AvgIpc) is 2.84. The number of rotatable bonds is 4. The smallest absolute Gasteiger partial charge is 0.171 e. The molecular formula is C13H10F2O2S. The number of methoxy groups -OCH3 is 1. The number of ketones is 1. The van der Waals surface area contributed by atoms with Gasteiger partial charge in [0.25, 0.3) is 0 Å². The van der Waals surface area contributed by atoms with Gasteiger partial charge < -0.3 is 4.74 Å². The van der Waals surface area contributed by atoms with Crippen LogP contribution >= 0.6 is 11.3 Å². The first-order valence-corrected chi connectivity index (χ1v) is 6.08. The highest BCUT2D eigenvalue weighted by molar-refractivity contribution is 7.10. The number of hydrogen-bond donors (Lipinski definition) is 0. The van der Waals surface area contributed by atoms with Gasteiger partial charge in [0.05, 0.1) is 12.7 Å². The zero-order valence-corrected chi connectivity index (χ0v) is 10.4. The van der Waals surface area contributed by atoms with Crippen molar-refractivity contribution in [3.63, 3.8) is 0 Å². The fourth-order valence-corrected chi connectivity index (χ4v) is 2.27. The summed E-state index contributed by atoms with van der Waals surface area (Å²) in [6.07, 6.45) is 0.0698. The Balaban J connectivity index is 2.28. The number of carbonyl (C=O) groups is 1. The maximum absolute atomic E-state index is 13.6. The van der Waals surface area contributed by atoms with Crippen molar-refractivity contribution in [2.45, 2.75) is 6.42 Å². The molecule has 5 heteroatoms. The van der Waals surface area contributed by atoms with Crippen LogP contribution in [0.3, 0.4) is 0 Å². The lowest BCUT2D eigenvalue weighted by molar-refractivity contribution is 0.0989. The lowest BCUT2D eigenvalue weighted by Gasteiger charge is -2.06. The van der Waals surface area contributed by atoms with Crippen molar-refractivity contribution in [3.8, 4) is 5.75 Å². The molecule has 0 atom stereocenters. The molecule has 0 fully saturated rings. The summed E-state index contributed by atoms with van der Waals surface area (Å²) in [5.74, 6) is -2.17. The normalized spacial score (nSPS) is 10.4. The van der Waals surface area contributed by atoms with Gasteiger partial charge in [-0.05, 0) is 17.5 Å². The van der Waals surface area contributed by atoms with E-state index in [1.54, 1.807) is 12.1 Å². The Hall–Kier alpha value is -1.75. The minimum absolute atomic E-state index is 0.0698. The van der Waals surface area contributed by atoms with E-state index in [0.29, 0.717) is 0 Å². The lowest BCUT2D eigenvalue weighted by Crippen LogP contribution is -2.06. The number of ether oxygens (including phenoxy) is 1. The van der Waals surface area contributed by atoms with Gasteiger partial charge >= 0.3 is 0 Å². The standard InChI is InChI=1S/C13H10F2O2S/c1-17-13-7-10(14)9(6-11(13)15)12(16)5-8-3-2-4-18-8/h2-4,6-7H,5H2,1H3. The molecule has 2 nitrogen and oxygen atoms in total. The van der Waals surface area contributed by atoms with E-state index in [1.807, 2.05) is 5.38 Å². The zero-order chi connectivity index (χ0) is 13.1. The minimum atomic E-state index is -0.769. The van der Waals surface area contributed by atoms with Crippen molar-refractivity contribution >= 4 is 17.1 Å². The van der Waals surface area contributed by atoms with E-state index in [-0.39, 0.29) is 17.7 Å². The van der Waals surface area contributed by atoms with Gasteiger partial charge in [0.1, 0.15) is 5.82 Å². The van der Waals surface area contributed by atoms with Crippen molar-refractivity contribution in [2.75, 3.05) is 7.11 Å². The second-order valence-electron chi connectivity index (χ2n) is 3.65. The summed E-state index contributed by atoms with van der Waals surface area (Å²) in [6, 6.07) is 5.35. The van der Waals surface area contributed by atoms with Crippen molar-refractivity contribution in [2.24, 2.45) is 0 Å². The third-order valence-corrected chi connectivity index (χ3v) is 3.33. The van der Waals surface area contributed by atoms with Gasteiger partial charge in [-0.3, -0.25) is 4.79 Å². The summed E-state index contributed by atoms with van der Waals surface area (Å²) >= 11 is 1.40. The Bertz CT molecular complexity index is 565. The predicted molar refractivity (Wildman–Crippen MR) is 65.3 cm³/mol. The third-order valence-electron chi connectivity index (χ3n) is 2.46. The van der Waals surface area contributed by atoms with Gasteiger partial charge in [0.15, 0.2) is 17.3 Å². The summed E-state index contributed by atoms with van der Waals surface area (Å²) in [5, 5.41) is 1.83. The summed E-state index contributed by atoms with van der Waals surface area (Å²) in [4.78, 5) is 12.7. The molecule has 0 aliphatic carbocycles. The van der Waals surface area contributed by atoms with Crippen LogP contribution in [0, 0.1) is 11.6 Å². The van der Waals surface area contributed by atoms with Crippen LogP contribution in [-0.4, -0.2) is 12.9 Å². The Labute approximate surface area is 107 Å². The molecule has 0 aliphatic heterocycles. The molecule has 18 heavy (non-hydrogen) atoms. The second kappa shape index (κ2) is 5.27. The summed E-state index contributed by atoms with van der Waals surface area (Å²) in [5.41, 5.74) is -0.248. The van der Waals surface area contributed by atoms with Crippen LogP contribution in [0.1, 0.15) is 15.2 Å². The Kier molecular flexibility index (Phi) is 3.72. The molecule has 0 amide bonds. The number of benzene rings is 1. The summed E-state index contributed by atoms with van der Waals surface area (Å²) in [7, 11) is 1.24. The highest BCUT2D eigenvalue weighted by Crippen LogP contribution is 2.23. The van der Waals surface area contributed by atoms with Crippen molar-refractivity contribution in [1.29, 1.82) is 0 Å². The number of carbonyl (C=O) groups excluding carboxylic acids is 1. The van der Waals surface area contributed by atoms with Crippen LogP contribution in [0.5, 0.6) is 5.75 Å². The van der Waals surface area contributed by atoms with Crippen LogP contribution in [-0.2, 0) is 6.42 Å². The number of Topliss-reactive ketones (excluding diaryl/α,β-unsaturated/α-hetero) is 1. The highest BCUT2D eigenvalue weighted by Gasteiger charge is 2.17. The monoisotopic (exact) mass is 268 g/mol. The molecule has 94 valence electrons. The van der Waals surface area contributed by atoms with Crippen LogP contribution in [0.2, 0.25) is 0 Å². The number of thiophene rings is 1. The molecule has 0 N–H and O–H groups in total. The van der Waals surface area contributed by atoms with Crippen molar-refractivity contribution < 1.29 is 18.3 Å². The SMILES string of the molecule is COc1cc(F)c(C(=O)Cc2cccs2)cc1F. The molecule has 0 radical (unpaired) electrons. The van der Waals surface area contributed by atoms with Crippen LogP contribution in [0.15, 0.2) is 29.6 Å². The van der Waals surface area contributed by atoms with Crippen LogP contribution in [0.25, 0.3) is 0 Å². The molecule has 0 unspecified atom stereocenters. The van der Waals surface area contributed by atoms with E-state index < -0.39 is 17.4 Å². The summed E-state index contributed by atoms with van der Waals surface area (Å²) in [6.45, 7) is 0. The largest absolute Gasteiger partial charge is 0.494 e. The Morgan fingerprint density at radius 2 is 2.11 bits per heavy atom. The number of hydrogen-bond acceptors (Lipinski definition) is 3. The molecule has 0 bridgehead atoms. The van der Waals surface area contributed by atoms with Crippen LogP contribution in [0.4, 0.5) is 8.78 Å². The minimum Gasteiger partial charge on any atom is -0.494 e. The van der Waals surface area contributed by atoms with Gasteiger partial charge in [-0.1, -0.05) is 6.07 Å². The second-order valence-corrected chi connectivity index (χ2v) is 4.68. The van der Waals surface area contributed by atoms with Gasteiger partial charge in [0.2, 0.25) is 0 Å². The quantitative estimate of drug-likeness (QED) is 0.794. The fraction of sp³-hybridized carbons (Fsp3) is 0.154. The average molecular weight is 268 g/mol. The van der Waals surface area contributed by atoms with Gasteiger partial charge in [-0.25, -0.2) is 8.78 Å². The van der Waals surface area contributed by atoms with Gasteiger partial charge in [0, 0.05) is 17.4 Å². The summed E-state index contributed by atoms with van der Waals surface area (Å²) < 4.78 is 31.7. The first-order chi connectivity index (χ1) is 8.61. The maximum Gasteiger partial charge on any atom is 0.171 e. The van der Waals surface area contributed by atoms with Crippen molar-refractivity contribution in [3.05, 3.63) is 51.7 Å². The first-order valence-electron chi connectivity index (χ1n) is 5.20. The molecule has 1 aromatic heterocycles. The van der Waals surface area contributed by atoms with Crippen molar-refractivity contribution in [1.82, 2.24) is 0 Å². The van der Waals surface area contributed by atoms with E-state index in [4.69, 9.17) is 0 Å². The maximum atomic E-state index is 13.6.